The minimum atomic E-state index is -0.374. The molecule has 1 aliphatic rings. The van der Waals surface area contributed by atoms with Gasteiger partial charge >= 0.3 is 0 Å². The van der Waals surface area contributed by atoms with Crippen LogP contribution in [-0.2, 0) is 5.41 Å². The lowest BCUT2D eigenvalue weighted by molar-refractivity contribution is 0.0907. The second-order valence-electron chi connectivity index (χ2n) is 5.15. The zero-order valence-corrected chi connectivity index (χ0v) is 12.0. The summed E-state index contributed by atoms with van der Waals surface area (Å²) in [5.74, 6) is 0.266. The third-order valence-electron chi connectivity index (χ3n) is 3.40. The number of thiophene rings is 2. The Labute approximate surface area is 109 Å². The highest BCUT2D eigenvalue weighted by molar-refractivity contribution is 7.22. The number of carbonyl (C=O) groups excluding carboxylic acids is 1. The summed E-state index contributed by atoms with van der Waals surface area (Å²) >= 11 is 3.55. The molecule has 0 bridgehead atoms. The fourth-order valence-electron chi connectivity index (χ4n) is 2.46. The molecule has 0 saturated heterocycles. The van der Waals surface area contributed by atoms with Crippen LogP contribution in [0.5, 0.6) is 0 Å². The predicted molar refractivity (Wildman–Crippen MR) is 74.5 cm³/mol. The lowest BCUT2D eigenvalue weighted by Crippen LogP contribution is -2.31. The van der Waals surface area contributed by atoms with Crippen molar-refractivity contribution in [2.75, 3.05) is 0 Å². The highest BCUT2D eigenvalue weighted by atomic mass is 32.1. The van der Waals surface area contributed by atoms with Crippen LogP contribution in [0.15, 0.2) is 12.1 Å². The minimum absolute atomic E-state index is 0.266. The average Bonchev–Trinajstić information content (AvgIpc) is 2.79. The van der Waals surface area contributed by atoms with Crippen LogP contribution in [0.2, 0.25) is 0 Å². The smallest absolute Gasteiger partial charge is 0.174 e. The fraction of sp³-hybridized carbons (Fsp3) is 0.357. The van der Waals surface area contributed by atoms with Gasteiger partial charge in [-0.2, -0.15) is 0 Å². The SMILES string of the molecule is Cc1cc2c(s1)-c1sc(C)cc1C(C)(C)C2=O. The molecule has 17 heavy (non-hydrogen) atoms. The van der Waals surface area contributed by atoms with Gasteiger partial charge in [-0.15, -0.1) is 22.7 Å². The Bertz CT molecular complexity index is 629. The standard InChI is InChI=1S/C14H14OS2/c1-7-5-9-11(16-7)12-10(6-8(2)17-12)14(3,4)13(9)15/h5-6H,1-4H3. The number of fused-ring (bicyclic) bond motifs is 3. The van der Waals surface area contributed by atoms with Gasteiger partial charge in [-0.3, -0.25) is 4.79 Å². The maximum atomic E-state index is 12.5. The molecule has 0 radical (unpaired) electrons. The van der Waals surface area contributed by atoms with Crippen molar-refractivity contribution < 1.29 is 4.79 Å². The van der Waals surface area contributed by atoms with Crippen LogP contribution in [0.4, 0.5) is 0 Å². The first-order valence-electron chi connectivity index (χ1n) is 5.68. The topological polar surface area (TPSA) is 17.1 Å². The van der Waals surface area contributed by atoms with E-state index in [4.69, 9.17) is 0 Å². The Morgan fingerprint density at radius 1 is 1.00 bits per heavy atom. The molecule has 1 aliphatic carbocycles. The Hall–Kier alpha value is -0.930. The van der Waals surface area contributed by atoms with Gasteiger partial charge in [0.15, 0.2) is 5.78 Å². The Morgan fingerprint density at radius 2 is 1.59 bits per heavy atom. The van der Waals surface area contributed by atoms with Gasteiger partial charge in [0.05, 0.1) is 10.3 Å². The number of Topliss-reactive ketones (excluding diaryl/α,β-unsaturated/α-hetero) is 1. The lowest BCUT2D eigenvalue weighted by atomic mass is 9.74. The van der Waals surface area contributed by atoms with Crippen LogP contribution < -0.4 is 0 Å². The summed E-state index contributed by atoms with van der Waals surface area (Å²) in [4.78, 5) is 17.5. The van der Waals surface area contributed by atoms with Gasteiger partial charge in [0.25, 0.3) is 0 Å². The second kappa shape index (κ2) is 3.30. The van der Waals surface area contributed by atoms with Crippen molar-refractivity contribution in [2.24, 2.45) is 0 Å². The van der Waals surface area contributed by atoms with E-state index < -0.39 is 0 Å². The number of aryl methyl sites for hydroxylation is 2. The Kier molecular flexibility index (Phi) is 2.17. The number of hydrogen-bond acceptors (Lipinski definition) is 3. The molecule has 3 rings (SSSR count). The highest BCUT2D eigenvalue weighted by Crippen LogP contribution is 2.49. The molecule has 1 nitrogen and oxygen atoms in total. The first-order valence-corrected chi connectivity index (χ1v) is 7.31. The molecule has 88 valence electrons. The molecule has 3 heteroatoms. The first kappa shape index (κ1) is 11.2. The summed E-state index contributed by atoms with van der Waals surface area (Å²) in [6.07, 6.45) is 0. The van der Waals surface area contributed by atoms with E-state index in [0.29, 0.717) is 0 Å². The summed E-state index contributed by atoms with van der Waals surface area (Å²) < 4.78 is 0. The molecule has 0 fully saturated rings. The Balaban J connectivity index is 2.40. The van der Waals surface area contributed by atoms with E-state index in [2.05, 4.69) is 19.9 Å². The van der Waals surface area contributed by atoms with Crippen molar-refractivity contribution >= 4 is 28.5 Å². The van der Waals surface area contributed by atoms with E-state index in [1.54, 1.807) is 11.3 Å². The summed E-state index contributed by atoms with van der Waals surface area (Å²) in [5, 5.41) is 0. The third kappa shape index (κ3) is 1.39. The van der Waals surface area contributed by atoms with Gasteiger partial charge in [0.1, 0.15) is 0 Å². The lowest BCUT2D eigenvalue weighted by Gasteiger charge is -2.28. The maximum Gasteiger partial charge on any atom is 0.174 e. The van der Waals surface area contributed by atoms with Crippen molar-refractivity contribution in [1.82, 2.24) is 0 Å². The molecule has 0 N–H and O–H groups in total. The van der Waals surface area contributed by atoms with Gasteiger partial charge in [-0.25, -0.2) is 0 Å². The van der Waals surface area contributed by atoms with Crippen LogP contribution >= 0.6 is 22.7 Å². The average molecular weight is 262 g/mol. The van der Waals surface area contributed by atoms with E-state index in [0.717, 1.165) is 5.56 Å². The molecule has 0 aromatic carbocycles. The number of rotatable bonds is 0. The van der Waals surface area contributed by atoms with E-state index in [1.165, 1.54) is 25.1 Å². The van der Waals surface area contributed by atoms with E-state index >= 15 is 0 Å². The maximum absolute atomic E-state index is 12.5. The van der Waals surface area contributed by atoms with Crippen molar-refractivity contribution in [2.45, 2.75) is 33.1 Å². The van der Waals surface area contributed by atoms with Crippen molar-refractivity contribution in [3.05, 3.63) is 33.0 Å². The van der Waals surface area contributed by atoms with E-state index in [-0.39, 0.29) is 11.2 Å². The normalized spacial score (nSPS) is 16.8. The van der Waals surface area contributed by atoms with Gasteiger partial charge in [-0.05, 0) is 45.4 Å². The number of ketones is 1. The molecular formula is C14H14OS2. The largest absolute Gasteiger partial charge is 0.293 e. The monoisotopic (exact) mass is 262 g/mol. The molecule has 0 spiro atoms. The number of hydrogen-bond donors (Lipinski definition) is 0. The zero-order chi connectivity index (χ0) is 12.4. The first-order chi connectivity index (χ1) is 7.91. The number of carbonyl (C=O) groups is 1. The van der Waals surface area contributed by atoms with Crippen molar-refractivity contribution in [3.63, 3.8) is 0 Å². The van der Waals surface area contributed by atoms with Crippen LogP contribution in [0.25, 0.3) is 9.75 Å². The van der Waals surface area contributed by atoms with E-state index in [9.17, 15) is 4.79 Å². The molecule has 2 aromatic heterocycles. The highest BCUT2D eigenvalue weighted by Gasteiger charge is 2.40. The van der Waals surface area contributed by atoms with Crippen molar-refractivity contribution in [3.8, 4) is 9.75 Å². The van der Waals surface area contributed by atoms with Gasteiger partial charge in [0.2, 0.25) is 0 Å². The fourth-order valence-corrected chi connectivity index (χ4v) is 4.80. The summed E-state index contributed by atoms with van der Waals surface area (Å²) in [5.41, 5.74) is 1.76. The minimum Gasteiger partial charge on any atom is -0.293 e. The molecular weight excluding hydrogens is 248 g/mol. The molecule has 2 heterocycles. The summed E-state index contributed by atoms with van der Waals surface area (Å²) in [6.45, 7) is 8.26. The zero-order valence-electron chi connectivity index (χ0n) is 10.4. The van der Waals surface area contributed by atoms with Gasteiger partial charge in [-0.1, -0.05) is 0 Å². The molecule has 0 saturated carbocycles. The molecule has 0 atom stereocenters. The van der Waals surface area contributed by atoms with Gasteiger partial charge in [0, 0.05) is 20.2 Å². The predicted octanol–water partition coefficient (Wildman–Crippen LogP) is 4.57. The van der Waals surface area contributed by atoms with Crippen LogP contribution in [0.3, 0.4) is 0 Å². The van der Waals surface area contributed by atoms with Gasteiger partial charge < -0.3 is 0 Å². The van der Waals surface area contributed by atoms with Crippen LogP contribution in [-0.4, -0.2) is 5.78 Å². The summed E-state index contributed by atoms with van der Waals surface area (Å²) in [6, 6.07) is 4.22. The molecule has 0 aliphatic heterocycles. The summed E-state index contributed by atoms with van der Waals surface area (Å²) in [7, 11) is 0. The van der Waals surface area contributed by atoms with Crippen LogP contribution in [0.1, 0.15) is 39.5 Å². The molecule has 0 unspecified atom stereocenters. The van der Waals surface area contributed by atoms with E-state index in [1.807, 2.05) is 31.3 Å². The van der Waals surface area contributed by atoms with Crippen LogP contribution in [0, 0.1) is 13.8 Å². The molecule has 0 amide bonds. The quantitative estimate of drug-likeness (QED) is 0.680. The second-order valence-corrected chi connectivity index (χ2v) is 7.67. The third-order valence-corrected chi connectivity index (χ3v) is 5.67. The molecule has 2 aromatic rings. The van der Waals surface area contributed by atoms with Crippen molar-refractivity contribution in [1.29, 1.82) is 0 Å². The Morgan fingerprint density at radius 3 is 2.29 bits per heavy atom.